The van der Waals surface area contributed by atoms with Gasteiger partial charge in [-0.15, -0.1) is 0 Å². The summed E-state index contributed by atoms with van der Waals surface area (Å²) in [4.78, 5) is 21.6. The van der Waals surface area contributed by atoms with E-state index >= 15 is 0 Å². The van der Waals surface area contributed by atoms with Crippen LogP contribution in [0.5, 0.6) is 0 Å². The van der Waals surface area contributed by atoms with E-state index in [2.05, 4.69) is 20.6 Å². The molecule has 1 aromatic carbocycles. The Kier molecular flexibility index (Phi) is 5.48. The second-order valence-electron chi connectivity index (χ2n) is 7.29. The van der Waals surface area contributed by atoms with E-state index in [9.17, 15) is 13.6 Å². The van der Waals surface area contributed by atoms with Gasteiger partial charge in [-0.1, -0.05) is 11.6 Å². The van der Waals surface area contributed by atoms with Crippen molar-refractivity contribution >= 4 is 45.7 Å². The Morgan fingerprint density at radius 3 is 2.60 bits per heavy atom. The van der Waals surface area contributed by atoms with Gasteiger partial charge in [0, 0.05) is 30.7 Å². The SMILES string of the molecule is C[C@@H]1CN(c2ncc(NC(=O)Nc3c[nH]c4cc(F)c(F)cc34)cc2Cl)C[C@H](C)O1. The lowest BCUT2D eigenvalue weighted by atomic mass is 10.2. The van der Waals surface area contributed by atoms with Gasteiger partial charge in [0.1, 0.15) is 5.82 Å². The van der Waals surface area contributed by atoms with Gasteiger partial charge in [-0.2, -0.15) is 0 Å². The van der Waals surface area contributed by atoms with Crippen LogP contribution in [0, 0.1) is 11.6 Å². The standard InChI is InChI=1S/C20H20ClF2N5O2/c1-10-8-28(9-11(2)30-10)19-14(21)3-12(6-25-19)26-20(29)27-18-7-24-17-5-16(23)15(22)4-13(17)18/h3-7,10-11,24H,8-9H2,1-2H3,(H2,26,27,29)/t10-,11+. The van der Waals surface area contributed by atoms with Crippen molar-refractivity contribution in [3.8, 4) is 0 Å². The van der Waals surface area contributed by atoms with Gasteiger partial charge in [0.05, 0.1) is 40.3 Å². The lowest BCUT2D eigenvalue weighted by Crippen LogP contribution is -2.46. The van der Waals surface area contributed by atoms with Crippen LogP contribution < -0.4 is 15.5 Å². The maximum Gasteiger partial charge on any atom is 0.323 e. The predicted molar refractivity (Wildman–Crippen MR) is 112 cm³/mol. The number of hydrogen-bond donors (Lipinski definition) is 3. The Hall–Kier alpha value is -2.91. The van der Waals surface area contributed by atoms with Gasteiger partial charge >= 0.3 is 6.03 Å². The molecule has 158 valence electrons. The topological polar surface area (TPSA) is 82.3 Å². The van der Waals surface area contributed by atoms with Crippen molar-refractivity contribution < 1.29 is 18.3 Å². The van der Waals surface area contributed by atoms with Gasteiger partial charge < -0.3 is 25.3 Å². The molecule has 0 unspecified atom stereocenters. The fraction of sp³-hybridized carbons (Fsp3) is 0.300. The number of pyridine rings is 1. The first-order valence-corrected chi connectivity index (χ1v) is 9.78. The maximum absolute atomic E-state index is 13.5. The van der Waals surface area contributed by atoms with Crippen LogP contribution in [0.4, 0.5) is 30.8 Å². The molecule has 4 rings (SSSR count). The lowest BCUT2D eigenvalue weighted by molar-refractivity contribution is -0.00544. The molecule has 1 aliphatic rings. The molecule has 30 heavy (non-hydrogen) atoms. The Morgan fingerprint density at radius 2 is 1.90 bits per heavy atom. The number of morpholine rings is 1. The summed E-state index contributed by atoms with van der Waals surface area (Å²) in [5, 5.41) is 5.99. The minimum atomic E-state index is -0.996. The second kappa shape index (κ2) is 8.08. The van der Waals surface area contributed by atoms with Gasteiger partial charge in [-0.3, -0.25) is 0 Å². The first-order chi connectivity index (χ1) is 14.3. The van der Waals surface area contributed by atoms with Crippen LogP contribution in [0.3, 0.4) is 0 Å². The van der Waals surface area contributed by atoms with Crippen LogP contribution >= 0.6 is 11.6 Å². The highest BCUT2D eigenvalue weighted by Gasteiger charge is 2.25. The highest BCUT2D eigenvalue weighted by molar-refractivity contribution is 6.33. The summed E-state index contributed by atoms with van der Waals surface area (Å²) in [7, 11) is 0. The van der Waals surface area contributed by atoms with Gasteiger partial charge in [0.15, 0.2) is 11.6 Å². The summed E-state index contributed by atoms with van der Waals surface area (Å²) >= 11 is 6.40. The number of benzene rings is 1. The molecule has 0 aliphatic carbocycles. The van der Waals surface area contributed by atoms with Gasteiger partial charge in [0.2, 0.25) is 0 Å². The molecule has 2 aromatic heterocycles. The molecular formula is C20H20ClF2N5O2. The number of halogens is 3. The van der Waals surface area contributed by atoms with E-state index < -0.39 is 17.7 Å². The molecule has 0 saturated carbocycles. The summed E-state index contributed by atoms with van der Waals surface area (Å²) in [5.74, 6) is -1.34. The number of aromatic amines is 1. The molecule has 0 bridgehead atoms. The monoisotopic (exact) mass is 435 g/mol. The molecule has 3 heterocycles. The fourth-order valence-electron chi connectivity index (χ4n) is 3.59. The Morgan fingerprint density at radius 1 is 1.20 bits per heavy atom. The van der Waals surface area contributed by atoms with Crippen molar-refractivity contribution in [2.24, 2.45) is 0 Å². The molecule has 1 saturated heterocycles. The number of rotatable bonds is 3. The highest BCUT2D eigenvalue weighted by Crippen LogP contribution is 2.29. The van der Waals surface area contributed by atoms with Crippen molar-refractivity contribution in [1.82, 2.24) is 9.97 Å². The largest absolute Gasteiger partial charge is 0.372 e. The number of amides is 2. The van der Waals surface area contributed by atoms with Crippen LogP contribution in [-0.4, -0.2) is 41.3 Å². The molecule has 2 atom stereocenters. The smallest absolute Gasteiger partial charge is 0.323 e. The van der Waals surface area contributed by atoms with E-state index in [4.69, 9.17) is 16.3 Å². The first-order valence-electron chi connectivity index (χ1n) is 9.40. The number of carbonyl (C=O) groups excluding carboxylic acids is 1. The molecule has 1 fully saturated rings. The van der Waals surface area contributed by atoms with Crippen LogP contribution in [0.1, 0.15) is 13.8 Å². The normalized spacial score (nSPS) is 19.2. The zero-order valence-electron chi connectivity index (χ0n) is 16.3. The molecule has 3 N–H and O–H groups in total. The van der Waals surface area contributed by atoms with Crippen molar-refractivity contribution in [1.29, 1.82) is 0 Å². The van der Waals surface area contributed by atoms with Gasteiger partial charge in [-0.25, -0.2) is 18.6 Å². The van der Waals surface area contributed by atoms with Crippen LogP contribution in [0.15, 0.2) is 30.6 Å². The number of carbonyl (C=O) groups is 1. The first kappa shape index (κ1) is 20.4. The van der Waals surface area contributed by atoms with Crippen LogP contribution in [-0.2, 0) is 4.74 Å². The van der Waals surface area contributed by atoms with Crippen molar-refractivity contribution in [3.05, 3.63) is 47.2 Å². The summed E-state index contributed by atoms with van der Waals surface area (Å²) in [6.07, 6.45) is 3.09. The van der Waals surface area contributed by atoms with Crippen LogP contribution in [0.2, 0.25) is 5.02 Å². The Labute approximate surface area is 176 Å². The average Bonchev–Trinajstić information content (AvgIpc) is 3.02. The van der Waals surface area contributed by atoms with E-state index in [0.717, 1.165) is 12.1 Å². The van der Waals surface area contributed by atoms with E-state index in [0.29, 0.717) is 46.2 Å². The molecule has 7 nitrogen and oxygen atoms in total. The number of ether oxygens (including phenoxy) is 1. The lowest BCUT2D eigenvalue weighted by Gasteiger charge is -2.36. The average molecular weight is 436 g/mol. The summed E-state index contributed by atoms with van der Waals surface area (Å²) in [6.45, 7) is 5.31. The van der Waals surface area contributed by atoms with Gasteiger partial charge in [-0.05, 0) is 26.0 Å². The predicted octanol–water partition coefficient (Wildman–Crippen LogP) is 4.75. The fourth-order valence-corrected chi connectivity index (χ4v) is 3.87. The maximum atomic E-state index is 13.5. The number of aromatic nitrogens is 2. The number of urea groups is 1. The summed E-state index contributed by atoms with van der Waals surface area (Å²) in [6, 6.07) is 3.09. The molecule has 3 aromatic rings. The third-order valence-electron chi connectivity index (χ3n) is 4.77. The summed E-state index contributed by atoms with van der Waals surface area (Å²) < 4.78 is 32.6. The van der Waals surface area contributed by atoms with E-state index in [1.54, 1.807) is 6.07 Å². The molecule has 0 spiro atoms. The zero-order valence-corrected chi connectivity index (χ0v) is 17.1. The number of fused-ring (bicyclic) bond motifs is 1. The van der Waals surface area contributed by atoms with Crippen LogP contribution in [0.25, 0.3) is 10.9 Å². The van der Waals surface area contributed by atoms with Gasteiger partial charge in [0.25, 0.3) is 0 Å². The Bertz CT molecular complexity index is 1100. The number of hydrogen-bond acceptors (Lipinski definition) is 4. The third-order valence-corrected chi connectivity index (χ3v) is 5.05. The number of anilines is 3. The number of nitrogens with one attached hydrogen (secondary N) is 3. The second-order valence-corrected chi connectivity index (χ2v) is 7.69. The Balaban J connectivity index is 1.46. The van der Waals surface area contributed by atoms with Crippen molar-refractivity contribution in [2.75, 3.05) is 28.6 Å². The minimum Gasteiger partial charge on any atom is -0.372 e. The van der Waals surface area contributed by atoms with E-state index in [1.165, 1.54) is 12.4 Å². The van der Waals surface area contributed by atoms with Crippen molar-refractivity contribution in [2.45, 2.75) is 26.1 Å². The number of nitrogens with zero attached hydrogens (tertiary/aromatic N) is 2. The zero-order chi connectivity index (χ0) is 21.4. The summed E-state index contributed by atoms with van der Waals surface area (Å²) in [5.41, 5.74) is 1.08. The quantitative estimate of drug-likeness (QED) is 0.554. The molecule has 1 aliphatic heterocycles. The highest BCUT2D eigenvalue weighted by atomic mass is 35.5. The number of H-pyrrole nitrogens is 1. The minimum absolute atomic E-state index is 0.0599. The van der Waals surface area contributed by atoms with Crippen molar-refractivity contribution in [3.63, 3.8) is 0 Å². The van der Waals surface area contributed by atoms with E-state index in [1.807, 2.05) is 18.7 Å². The van der Waals surface area contributed by atoms with E-state index in [-0.39, 0.29) is 12.2 Å². The molecule has 0 radical (unpaired) electrons. The molecule has 2 amide bonds. The molecular weight excluding hydrogens is 416 g/mol. The third kappa shape index (κ3) is 4.17. The molecule has 10 heteroatoms.